The van der Waals surface area contributed by atoms with Gasteiger partial charge in [0.15, 0.2) is 5.58 Å². The van der Waals surface area contributed by atoms with Crippen molar-refractivity contribution in [2.45, 2.75) is 20.3 Å². The lowest BCUT2D eigenvalue weighted by Crippen LogP contribution is -1.90. The summed E-state index contributed by atoms with van der Waals surface area (Å²) in [6, 6.07) is 1.86. The molecule has 0 N–H and O–H groups in total. The quantitative estimate of drug-likeness (QED) is 0.659. The molecule has 0 aliphatic rings. The molecule has 4 heteroatoms. The van der Waals surface area contributed by atoms with E-state index in [1.165, 1.54) is 0 Å². The molecule has 2 rings (SSSR count). The smallest absolute Gasteiger partial charge is 0.223 e. The largest absolute Gasteiger partial charge is 0.458 e. The highest BCUT2D eigenvalue weighted by Gasteiger charge is 2.09. The lowest BCUT2D eigenvalue weighted by molar-refractivity contribution is 0.572. The van der Waals surface area contributed by atoms with Crippen molar-refractivity contribution in [3.8, 4) is 0 Å². The van der Waals surface area contributed by atoms with Crippen molar-refractivity contribution in [3.63, 3.8) is 0 Å². The molecule has 0 atom stereocenters. The minimum atomic E-state index is 0.283. The molecule has 0 saturated heterocycles. The Morgan fingerprint density at radius 1 is 1.46 bits per heavy atom. The number of aromatic nitrogens is 2. The number of rotatable bonds is 1. The van der Waals surface area contributed by atoms with Crippen LogP contribution < -0.4 is 0 Å². The van der Waals surface area contributed by atoms with Gasteiger partial charge in [0.05, 0.1) is 5.69 Å². The van der Waals surface area contributed by atoms with Gasteiger partial charge < -0.3 is 4.42 Å². The monoisotopic (exact) mass is 196 g/mol. The van der Waals surface area contributed by atoms with Crippen molar-refractivity contribution in [1.29, 1.82) is 0 Å². The predicted octanol–water partition coefficient (Wildman–Crippen LogP) is 2.75. The Kier molecular flexibility index (Phi) is 1.96. The molecule has 0 unspecified atom stereocenters. The maximum Gasteiger partial charge on any atom is 0.223 e. The van der Waals surface area contributed by atoms with E-state index in [0.29, 0.717) is 0 Å². The van der Waals surface area contributed by atoms with E-state index in [1.54, 1.807) is 0 Å². The Morgan fingerprint density at radius 3 is 2.92 bits per heavy atom. The van der Waals surface area contributed by atoms with Crippen LogP contribution in [0.5, 0.6) is 0 Å². The molecule has 2 heterocycles. The van der Waals surface area contributed by atoms with Gasteiger partial charge >= 0.3 is 0 Å². The SMILES string of the molecule is CCc1nc(Cl)nc2cc(C)oc12. The maximum atomic E-state index is 5.75. The van der Waals surface area contributed by atoms with Crippen molar-refractivity contribution in [1.82, 2.24) is 9.97 Å². The average Bonchev–Trinajstić information content (AvgIpc) is 2.43. The number of hydrogen-bond acceptors (Lipinski definition) is 3. The molecule has 0 aliphatic heterocycles. The topological polar surface area (TPSA) is 38.9 Å². The van der Waals surface area contributed by atoms with Crippen LogP contribution in [0.4, 0.5) is 0 Å². The number of furan rings is 1. The first kappa shape index (κ1) is 8.51. The fraction of sp³-hybridized carbons (Fsp3) is 0.333. The van der Waals surface area contributed by atoms with Crippen molar-refractivity contribution >= 4 is 22.7 Å². The van der Waals surface area contributed by atoms with E-state index in [0.717, 1.165) is 29.0 Å². The highest BCUT2D eigenvalue weighted by Crippen LogP contribution is 2.21. The zero-order chi connectivity index (χ0) is 9.42. The molecule has 2 aromatic rings. The van der Waals surface area contributed by atoms with E-state index >= 15 is 0 Å². The van der Waals surface area contributed by atoms with Gasteiger partial charge in [-0.3, -0.25) is 0 Å². The molecule has 13 heavy (non-hydrogen) atoms. The Hall–Kier alpha value is -1.09. The van der Waals surface area contributed by atoms with Crippen LogP contribution in [-0.2, 0) is 6.42 Å². The first-order valence-electron chi connectivity index (χ1n) is 4.13. The van der Waals surface area contributed by atoms with Crippen LogP contribution in [0.2, 0.25) is 5.28 Å². The second kappa shape index (κ2) is 3.00. The van der Waals surface area contributed by atoms with Gasteiger partial charge in [0, 0.05) is 6.07 Å². The summed E-state index contributed by atoms with van der Waals surface area (Å²) in [6.07, 6.45) is 0.797. The Bertz CT molecular complexity index is 450. The van der Waals surface area contributed by atoms with Crippen LogP contribution in [0.1, 0.15) is 18.4 Å². The molecular weight excluding hydrogens is 188 g/mol. The lowest BCUT2D eigenvalue weighted by Gasteiger charge is -1.96. The van der Waals surface area contributed by atoms with E-state index < -0.39 is 0 Å². The number of hydrogen-bond donors (Lipinski definition) is 0. The molecular formula is C9H9ClN2O. The highest BCUT2D eigenvalue weighted by molar-refractivity contribution is 6.28. The summed E-state index contributed by atoms with van der Waals surface area (Å²) in [6.45, 7) is 3.89. The summed E-state index contributed by atoms with van der Waals surface area (Å²) in [7, 11) is 0. The summed E-state index contributed by atoms with van der Waals surface area (Å²) < 4.78 is 5.46. The summed E-state index contributed by atoms with van der Waals surface area (Å²) in [5.41, 5.74) is 2.40. The van der Waals surface area contributed by atoms with Gasteiger partial charge in [-0.25, -0.2) is 9.97 Å². The first-order chi connectivity index (χ1) is 6.20. The minimum absolute atomic E-state index is 0.283. The van der Waals surface area contributed by atoms with E-state index in [9.17, 15) is 0 Å². The van der Waals surface area contributed by atoms with Gasteiger partial charge in [-0.1, -0.05) is 6.92 Å². The molecule has 0 aliphatic carbocycles. The van der Waals surface area contributed by atoms with Gasteiger partial charge in [-0.15, -0.1) is 0 Å². The van der Waals surface area contributed by atoms with Crippen LogP contribution in [0, 0.1) is 6.92 Å². The van der Waals surface area contributed by atoms with Gasteiger partial charge in [-0.05, 0) is 24.9 Å². The standard InChI is InChI=1S/C9H9ClN2O/c1-3-6-8-7(4-5(2)13-8)12-9(10)11-6/h4H,3H2,1-2H3. The fourth-order valence-electron chi connectivity index (χ4n) is 1.32. The number of halogens is 1. The molecule has 0 spiro atoms. The van der Waals surface area contributed by atoms with Crippen molar-refractivity contribution in [2.24, 2.45) is 0 Å². The second-order valence-corrected chi connectivity index (χ2v) is 3.20. The Labute approximate surface area is 80.7 Å². The van der Waals surface area contributed by atoms with Crippen molar-refractivity contribution < 1.29 is 4.42 Å². The van der Waals surface area contributed by atoms with Crippen LogP contribution in [0.3, 0.4) is 0 Å². The van der Waals surface area contributed by atoms with Gasteiger partial charge in [0.25, 0.3) is 0 Å². The van der Waals surface area contributed by atoms with E-state index in [4.69, 9.17) is 16.0 Å². The van der Waals surface area contributed by atoms with Gasteiger partial charge in [-0.2, -0.15) is 0 Å². The second-order valence-electron chi connectivity index (χ2n) is 2.86. The van der Waals surface area contributed by atoms with Gasteiger partial charge in [0.2, 0.25) is 5.28 Å². The maximum absolute atomic E-state index is 5.75. The molecule has 3 nitrogen and oxygen atoms in total. The van der Waals surface area contributed by atoms with E-state index in [1.807, 2.05) is 19.9 Å². The summed E-state index contributed by atoms with van der Waals surface area (Å²) >= 11 is 5.75. The third kappa shape index (κ3) is 1.40. The molecule has 0 bridgehead atoms. The molecule has 0 fully saturated rings. The third-order valence-electron chi connectivity index (χ3n) is 1.87. The van der Waals surface area contributed by atoms with Crippen LogP contribution >= 0.6 is 11.6 Å². The predicted molar refractivity (Wildman–Crippen MR) is 50.9 cm³/mol. The average molecular weight is 197 g/mol. The van der Waals surface area contributed by atoms with Crippen LogP contribution in [-0.4, -0.2) is 9.97 Å². The lowest BCUT2D eigenvalue weighted by atomic mass is 10.3. The van der Waals surface area contributed by atoms with Crippen molar-refractivity contribution in [3.05, 3.63) is 22.8 Å². The number of nitrogens with zero attached hydrogens (tertiary/aromatic N) is 2. The Balaban J connectivity index is 2.80. The zero-order valence-corrected chi connectivity index (χ0v) is 8.22. The Morgan fingerprint density at radius 2 is 2.23 bits per heavy atom. The highest BCUT2D eigenvalue weighted by atomic mass is 35.5. The van der Waals surface area contributed by atoms with Crippen LogP contribution in [0.25, 0.3) is 11.1 Å². The van der Waals surface area contributed by atoms with Crippen LogP contribution in [0.15, 0.2) is 10.5 Å². The van der Waals surface area contributed by atoms with Gasteiger partial charge in [0.1, 0.15) is 11.3 Å². The number of aryl methyl sites for hydroxylation is 2. The van der Waals surface area contributed by atoms with Crippen molar-refractivity contribution in [2.75, 3.05) is 0 Å². The molecule has 2 aromatic heterocycles. The van der Waals surface area contributed by atoms with E-state index in [2.05, 4.69) is 9.97 Å². The normalized spacial score (nSPS) is 11.0. The minimum Gasteiger partial charge on any atom is -0.458 e. The zero-order valence-electron chi connectivity index (χ0n) is 7.47. The number of fused-ring (bicyclic) bond motifs is 1. The molecule has 0 radical (unpaired) electrons. The summed E-state index contributed by atoms with van der Waals surface area (Å²) in [5.74, 6) is 0.835. The van der Waals surface area contributed by atoms with E-state index in [-0.39, 0.29) is 5.28 Å². The molecule has 0 amide bonds. The summed E-state index contributed by atoms with van der Waals surface area (Å²) in [5, 5.41) is 0.283. The molecule has 68 valence electrons. The molecule has 0 aromatic carbocycles. The fourth-order valence-corrected chi connectivity index (χ4v) is 1.51. The molecule has 0 saturated carbocycles. The third-order valence-corrected chi connectivity index (χ3v) is 2.04. The first-order valence-corrected chi connectivity index (χ1v) is 4.51. The summed E-state index contributed by atoms with van der Waals surface area (Å²) in [4.78, 5) is 8.16.